The van der Waals surface area contributed by atoms with Gasteiger partial charge >= 0.3 is 0 Å². The lowest BCUT2D eigenvalue weighted by Crippen LogP contribution is -2.25. The van der Waals surface area contributed by atoms with Gasteiger partial charge in [-0.25, -0.2) is 0 Å². The molecule has 0 atom stereocenters. The molecule has 0 aromatic rings. The van der Waals surface area contributed by atoms with E-state index in [0.717, 1.165) is 19.8 Å². The molecule has 0 aliphatic carbocycles. The summed E-state index contributed by atoms with van der Waals surface area (Å²) in [6, 6.07) is 0. The van der Waals surface area contributed by atoms with E-state index in [2.05, 4.69) is 16.4 Å². The van der Waals surface area contributed by atoms with Crippen LogP contribution in [0.4, 0.5) is 0 Å². The zero-order chi connectivity index (χ0) is 10.6. The predicted molar refractivity (Wildman–Crippen MR) is 54.4 cm³/mol. The Morgan fingerprint density at radius 3 is 2.64 bits per heavy atom. The Morgan fingerprint density at radius 1 is 1.43 bits per heavy atom. The quantitative estimate of drug-likeness (QED) is 0.660. The highest BCUT2D eigenvalue weighted by atomic mass is 32.2. The zero-order valence-electron chi connectivity index (χ0n) is 8.09. The van der Waals surface area contributed by atoms with Crippen molar-refractivity contribution >= 4 is 10.1 Å². The molecule has 1 aliphatic rings. The lowest BCUT2D eigenvalue weighted by Gasteiger charge is -2.15. The first-order chi connectivity index (χ1) is 6.51. The maximum absolute atomic E-state index is 10.4. The summed E-state index contributed by atoms with van der Waals surface area (Å²) in [6.07, 6.45) is 2.26. The van der Waals surface area contributed by atoms with Gasteiger partial charge in [0, 0.05) is 19.6 Å². The third kappa shape index (κ3) is 4.08. The molecule has 0 saturated carbocycles. The molecule has 0 aromatic carbocycles. The number of hydrogen-bond acceptors (Lipinski definition) is 4. The van der Waals surface area contributed by atoms with Crippen LogP contribution < -0.4 is 0 Å². The highest BCUT2D eigenvalue weighted by Gasteiger charge is 2.16. The normalized spacial score (nSPS) is 18.8. The molecule has 0 unspecified atom stereocenters. The van der Waals surface area contributed by atoms with Crippen molar-refractivity contribution in [2.75, 3.05) is 32.1 Å². The molecule has 1 N–H and O–H groups in total. The van der Waals surface area contributed by atoms with Gasteiger partial charge < -0.3 is 4.90 Å². The minimum atomic E-state index is -3.80. The van der Waals surface area contributed by atoms with Gasteiger partial charge in [-0.3, -0.25) is 9.45 Å². The summed E-state index contributed by atoms with van der Waals surface area (Å²) < 4.78 is 29.4. The van der Waals surface area contributed by atoms with Crippen molar-refractivity contribution in [3.8, 4) is 0 Å². The molecule has 6 heteroatoms. The molecule has 1 fully saturated rings. The van der Waals surface area contributed by atoms with Crippen LogP contribution in [0.25, 0.3) is 0 Å². The monoisotopic (exact) mass is 220 g/mol. The fourth-order valence-electron chi connectivity index (χ4n) is 1.47. The van der Waals surface area contributed by atoms with E-state index < -0.39 is 10.1 Å². The molecule has 0 radical (unpaired) electrons. The van der Waals surface area contributed by atoms with E-state index in [4.69, 9.17) is 4.55 Å². The number of nitrogens with zero attached hydrogens (tertiary/aromatic N) is 2. The molecule has 14 heavy (non-hydrogen) atoms. The van der Waals surface area contributed by atoms with Crippen LogP contribution in [0.3, 0.4) is 0 Å². The topological polar surface area (TPSA) is 60.9 Å². The van der Waals surface area contributed by atoms with Crippen molar-refractivity contribution in [2.45, 2.75) is 6.42 Å². The molecular weight excluding hydrogens is 204 g/mol. The standard InChI is InChI=1S/C8H16N2O3S/c1-2-9-5-6-10(8-9)4-3-7-14(11,12)13/h2H,1,3-8H2,(H,11,12,13). The molecule has 0 aromatic heterocycles. The molecule has 0 amide bonds. The Morgan fingerprint density at radius 2 is 2.14 bits per heavy atom. The van der Waals surface area contributed by atoms with Crippen molar-refractivity contribution < 1.29 is 13.0 Å². The molecule has 1 rings (SSSR count). The van der Waals surface area contributed by atoms with Crippen LogP contribution in [0.15, 0.2) is 12.8 Å². The third-order valence-electron chi connectivity index (χ3n) is 2.22. The highest BCUT2D eigenvalue weighted by Crippen LogP contribution is 2.05. The van der Waals surface area contributed by atoms with Gasteiger partial charge in [0.1, 0.15) is 0 Å². The van der Waals surface area contributed by atoms with E-state index in [-0.39, 0.29) is 5.75 Å². The Labute approximate surface area is 84.7 Å². The molecule has 0 spiro atoms. The lowest BCUT2D eigenvalue weighted by molar-refractivity contribution is 0.289. The maximum atomic E-state index is 10.4. The summed E-state index contributed by atoms with van der Waals surface area (Å²) in [7, 11) is -3.80. The highest BCUT2D eigenvalue weighted by molar-refractivity contribution is 7.85. The van der Waals surface area contributed by atoms with Gasteiger partial charge in [-0.15, -0.1) is 0 Å². The number of hydrogen-bond donors (Lipinski definition) is 1. The Balaban J connectivity index is 2.18. The van der Waals surface area contributed by atoms with E-state index in [0.29, 0.717) is 13.0 Å². The van der Waals surface area contributed by atoms with Gasteiger partial charge in [0.2, 0.25) is 0 Å². The van der Waals surface area contributed by atoms with Crippen molar-refractivity contribution in [3.05, 3.63) is 12.8 Å². The van der Waals surface area contributed by atoms with Crippen LogP contribution in [0.5, 0.6) is 0 Å². The molecule has 1 saturated heterocycles. The van der Waals surface area contributed by atoms with Crippen LogP contribution in [-0.2, 0) is 10.1 Å². The second-order valence-electron chi connectivity index (χ2n) is 3.39. The van der Waals surface area contributed by atoms with Gasteiger partial charge in [-0.2, -0.15) is 8.42 Å². The van der Waals surface area contributed by atoms with Crippen molar-refractivity contribution in [3.63, 3.8) is 0 Å². The minimum absolute atomic E-state index is 0.155. The van der Waals surface area contributed by atoms with Crippen LogP contribution in [-0.4, -0.2) is 54.8 Å². The zero-order valence-corrected chi connectivity index (χ0v) is 8.91. The van der Waals surface area contributed by atoms with E-state index in [9.17, 15) is 8.42 Å². The van der Waals surface area contributed by atoms with Crippen LogP contribution in [0.2, 0.25) is 0 Å². The Bertz CT molecular complexity index is 289. The first kappa shape index (κ1) is 11.5. The first-order valence-electron chi connectivity index (χ1n) is 4.55. The molecule has 5 nitrogen and oxygen atoms in total. The third-order valence-corrected chi connectivity index (χ3v) is 3.02. The van der Waals surface area contributed by atoms with Gasteiger partial charge in [0.15, 0.2) is 0 Å². The summed E-state index contributed by atoms with van der Waals surface area (Å²) in [5.41, 5.74) is 0. The predicted octanol–water partition coefficient (Wildman–Crippen LogP) is -0.0171. The van der Waals surface area contributed by atoms with E-state index in [1.54, 1.807) is 6.20 Å². The van der Waals surface area contributed by atoms with Crippen molar-refractivity contribution in [2.24, 2.45) is 0 Å². The lowest BCUT2D eigenvalue weighted by atomic mass is 10.4. The largest absolute Gasteiger partial charge is 0.364 e. The van der Waals surface area contributed by atoms with E-state index >= 15 is 0 Å². The summed E-state index contributed by atoms with van der Waals surface area (Å²) in [5.74, 6) is -0.155. The summed E-state index contributed by atoms with van der Waals surface area (Å²) in [6.45, 7) is 7.03. The second kappa shape index (κ2) is 4.77. The Hall–Kier alpha value is -0.590. The second-order valence-corrected chi connectivity index (χ2v) is 4.97. The van der Waals surface area contributed by atoms with Gasteiger partial charge in [-0.1, -0.05) is 6.58 Å². The maximum Gasteiger partial charge on any atom is 0.264 e. The smallest absolute Gasteiger partial charge is 0.264 e. The number of rotatable bonds is 5. The molecule has 82 valence electrons. The molecule has 1 aliphatic heterocycles. The average molecular weight is 220 g/mol. The van der Waals surface area contributed by atoms with Gasteiger partial charge in [0.05, 0.1) is 12.4 Å². The fraction of sp³-hybridized carbons (Fsp3) is 0.750. The minimum Gasteiger partial charge on any atom is -0.364 e. The van der Waals surface area contributed by atoms with Crippen molar-refractivity contribution in [1.82, 2.24) is 9.80 Å². The summed E-state index contributed by atoms with van der Waals surface area (Å²) in [5, 5.41) is 0. The molecule has 1 heterocycles. The summed E-state index contributed by atoms with van der Waals surface area (Å²) in [4.78, 5) is 4.19. The SMILES string of the molecule is C=CN1CCN(CCCS(=O)(=O)O)C1. The van der Waals surface area contributed by atoms with E-state index in [1.165, 1.54) is 0 Å². The van der Waals surface area contributed by atoms with Gasteiger partial charge in [0.25, 0.3) is 10.1 Å². The van der Waals surface area contributed by atoms with Crippen molar-refractivity contribution in [1.29, 1.82) is 0 Å². The molecular formula is C8H16N2O3S. The van der Waals surface area contributed by atoms with Gasteiger partial charge in [-0.05, 0) is 12.6 Å². The average Bonchev–Trinajstić information content (AvgIpc) is 2.50. The van der Waals surface area contributed by atoms with E-state index in [1.807, 2.05) is 0 Å². The molecule has 0 bridgehead atoms. The Kier molecular flexibility index (Phi) is 3.91. The van der Waals surface area contributed by atoms with Crippen LogP contribution in [0, 0.1) is 0 Å². The first-order valence-corrected chi connectivity index (χ1v) is 6.16. The van der Waals surface area contributed by atoms with Crippen LogP contribution >= 0.6 is 0 Å². The fourth-order valence-corrected chi connectivity index (χ4v) is 1.96. The summed E-state index contributed by atoms with van der Waals surface area (Å²) >= 11 is 0. The van der Waals surface area contributed by atoms with Crippen LogP contribution in [0.1, 0.15) is 6.42 Å².